The highest BCUT2D eigenvalue weighted by molar-refractivity contribution is 5.15. The molecule has 74 valence electrons. The van der Waals surface area contributed by atoms with E-state index in [4.69, 9.17) is 4.74 Å². The first-order chi connectivity index (χ1) is 6.17. The molecule has 0 spiro atoms. The van der Waals surface area contributed by atoms with Crippen molar-refractivity contribution in [1.29, 1.82) is 0 Å². The molecule has 2 bridgehead atoms. The zero-order chi connectivity index (χ0) is 9.47. The molecule has 0 radical (unpaired) electrons. The molecule has 3 atom stereocenters. The maximum atomic E-state index is 9.36. The molecule has 13 heavy (non-hydrogen) atoms. The summed E-state index contributed by atoms with van der Waals surface area (Å²) in [5.74, 6) is 0.537. The molecule has 1 aliphatic carbocycles. The van der Waals surface area contributed by atoms with Crippen LogP contribution in [-0.4, -0.2) is 24.4 Å². The Balaban J connectivity index is 2.24. The molecule has 0 aromatic rings. The first-order valence-electron chi connectivity index (χ1n) is 5.06. The van der Waals surface area contributed by atoms with Crippen LogP contribution in [0.2, 0.25) is 0 Å². The lowest BCUT2D eigenvalue weighted by Crippen LogP contribution is -2.45. The van der Waals surface area contributed by atoms with Crippen LogP contribution in [0.15, 0.2) is 11.6 Å². The lowest BCUT2D eigenvalue weighted by atomic mass is 9.68. The van der Waals surface area contributed by atoms with Crippen LogP contribution in [0, 0.1) is 11.3 Å². The lowest BCUT2D eigenvalue weighted by molar-refractivity contribution is -0.104. The predicted octanol–water partition coefficient (Wildman–Crippen LogP) is 1.74. The van der Waals surface area contributed by atoms with Crippen LogP contribution in [0.3, 0.4) is 0 Å². The van der Waals surface area contributed by atoms with Crippen molar-refractivity contribution >= 4 is 0 Å². The van der Waals surface area contributed by atoms with Crippen molar-refractivity contribution in [1.82, 2.24) is 0 Å². The first kappa shape index (κ1) is 9.22. The van der Waals surface area contributed by atoms with Crippen LogP contribution in [0.25, 0.3) is 0 Å². The molecule has 1 saturated heterocycles. The van der Waals surface area contributed by atoms with Crippen molar-refractivity contribution < 1.29 is 9.84 Å². The number of hydrogen-bond donors (Lipinski definition) is 1. The van der Waals surface area contributed by atoms with E-state index < -0.39 is 0 Å². The van der Waals surface area contributed by atoms with E-state index in [0.29, 0.717) is 12.0 Å². The van der Waals surface area contributed by atoms with Crippen molar-refractivity contribution in [2.75, 3.05) is 13.2 Å². The van der Waals surface area contributed by atoms with Gasteiger partial charge < -0.3 is 9.84 Å². The van der Waals surface area contributed by atoms with Gasteiger partial charge in [-0.25, -0.2) is 0 Å². The topological polar surface area (TPSA) is 29.5 Å². The molecule has 2 aliphatic rings. The van der Waals surface area contributed by atoms with Crippen LogP contribution in [0.5, 0.6) is 0 Å². The van der Waals surface area contributed by atoms with E-state index in [2.05, 4.69) is 19.9 Å². The summed E-state index contributed by atoms with van der Waals surface area (Å²) in [5.41, 5.74) is 1.48. The monoisotopic (exact) mass is 182 g/mol. The second-order valence-electron chi connectivity index (χ2n) is 4.64. The third-order valence-electron chi connectivity index (χ3n) is 3.65. The van der Waals surface area contributed by atoms with Gasteiger partial charge in [-0.2, -0.15) is 0 Å². The van der Waals surface area contributed by atoms with E-state index in [-0.39, 0.29) is 12.0 Å². The van der Waals surface area contributed by atoms with Crippen molar-refractivity contribution in [2.45, 2.75) is 32.8 Å². The quantitative estimate of drug-likeness (QED) is 0.626. The number of aliphatic hydroxyl groups excluding tert-OH is 1. The first-order valence-corrected chi connectivity index (χ1v) is 5.06. The Morgan fingerprint density at radius 3 is 3.15 bits per heavy atom. The van der Waals surface area contributed by atoms with E-state index in [1.165, 1.54) is 5.57 Å². The van der Waals surface area contributed by atoms with E-state index in [0.717, 1.165) is 19.4 Å². The van der Waals surface area contributed by atoms with Gasteiger partial charge >= 0.3 is 0 Å². The summed E-state index contributed by atoms with van der Waals surface area (Å²) in [6.07, 6.45) is 4.70. The third kappa shape index (κ3) is 1.42. The second kappa shape index (κ2) is 3.10. The van der Waals surface area contributed by atoms with E-state index in [1.54, 1.807) is 0 Å². The Kier molecular flexibility index (Phi) is 2.20. The van der Waals surface area contributed by atoms with Gasteiger partial charge in [0.25, 0.3) is 0 Å². The fourth-order valence-electron chi connectivity index (χ4n) is 2.49. The molecular formula is C11H18O2. The van der Waals surface area contributed by atoms with Gasteiger partial charge in [-0.05, 0) is 26.7 Å². The minimum atomic E-state index is 0.0384. The molecule has 2 rings (SSSR count). The zero-order valence-corrected chi connectivity index (χ0v) is 8.42. The lowest BCUT2D eigenvalue weighted by Gasteiger charge is -2.46. The van der Waals surface area contributed by atoms with Crippen LogP contribution >= 0.6 is 0 Å². The molecule has 2 heteroatoms. The minimum absolute atomic E-state index is 0.0384. The Bertz CT molecular complexity index is 234. The van der Waals surface area contributed by atoms with Crippen molar-refractivity contribution in [3.63, 3.8) is 0 Å². The predicted molar refractivity (Wildman–Crippen MR) is 51.4 cm³/mol. The SMILES string of the molecule is CC1=CC[C@@]2(CO)CO[C@H](C)[C@H]1C2. The van der Waals surface area contributed by atoms with Gasteiger partial charge in [0.15, 0.2) is 0 Å². The average Bonchev–Trinajstić information content (AvgIpc) is 2.17. The second-order valence-corrected chi connectivity index (χ2v) is 4.64. The fraction of sp³-hybridized carbons (Fsp3) is 0.818. The Labute approximate surface area is 79.6 Å². The number of allylic oxidation sites excluding steroid dienone is 1. The minimum Gasteiger partial charge on any atom is -0.396 e. The van der Waals surface area contributed by atoms with Gasteiger partial charge in [-0.3, -0.25) is 0 Å². The Morgan fingerprint density at radius 2 is 2.46 bits per heavy atom. The van der Waals surface area contributed by atoms with Gasteiger partial charge in [0.2, 0.25) is 0 Å². The number of aliphatic hydroxyl groups is 1. The molecule has 2 nitrogen and oxygen atoms in total. The van der Waals surface area contributed by atoms with Crippen molar-refractivity contribution in [2.24, 2.45) is 11.3 Å². The molecular weight excluding hydrogens is 164 g/mol. The van der Waals surface area contributed by atoms with Gasteiger partial charge in [0.1, 0.15) is 0 Å². The largest absolute Gasteiger partial charge is 0.396 e. The Hall–Kier alpha value is -0.340. The van der Waals surface area contributed by atoms with E-state index in [1.807, 2.05) is 0 Å². The standard InChI is InChI=1S/C11H18O2/c1-8-3-4-11(6-12)5-10(8)9(2)13-7-11/h3,9-10,12H,4-7H2,1-2H3/t9-,10+,11-/m1/s1. The molecule has 1 aliphatic heterocycles. The summed E-state index contributed by atoms with van der Waals surface area (Å²) in [5, 5.41) is 9.36. The highest BCUT2D eigenvalue weighted by atomic mass is 16.5. The molecule has 0 aromatic carbocycles. The molecule has 1 heterocycles. The van der Waals surface area contributed by atoms with Crippen LogP contribution < -0.4 is 0 Å². The molecule has 1 N–H and O–H groups in total. The van der Waals surface area contributed by atoms with Gasteiger partial charge in [0, 0.05) is 11.3 Å². The number of hydrogen-bond acceptors (Lipinski definition) is 2. The summed E-state index contributed by atoms with van der Waals surface area (Å²) >= 11 is 0. The van der Waals surface area contributed by atoms with Gasteiger partial charge in [-0.1, -0.05) is 11.6 Å². The van der Waals surface area contributed by atoms with E-state index in [9.17, 15) is 5.11 Å². The fourth-order valence-corrected chi connectivity index (χ4v) is 2.49. The van der Waals surface area contributed by atoms with Crippen molar-refractivity contribution in [3.05, 3.63) is 11.6 Å². The molecule has 0 amide bonds. The molecule has 0 saturated carbocycles. The van der Waals surface area contributed by atoms with E-state index >= 15 is 0 Å². The maximum absolute atomic E-state index is 9.36. The van der Waals surface area contributed by atoms with Crippen molar-refractivity contribution in [3.8, 4) is 0 Å². The average molecular weight is 182 g/mol. The summed E-state index contributed by atoms with van der Waals surface area (Å²) in [7, 11) is 0. The summed E-state index contributed by atoms with van der Waals surface area (Å²) < 4.78 is 5.71. The van der Waals surface area contributed by atoms with Crippen LogP contribution in [0.4, 0.5) is 0 Å². The number of fused-ring (bicyclic) bond motifs is 2. The normalized spacial score (nSPS) is 44.4. The highest BCUT2D eigenvalue weighted by Gasteiger charge is 2.42. The van der Waals surface area contributed by atoms with Gasteiger partial charge in [-0.15, -0.1) is 0 Å². The molecule has 0 unspecified atom stereocenters. The summed E-state index contributed by atoms with van der Waals surface area (Å²) in [6.45, 7) is 5.30. The summed E-state index contributed by atoms with van der Waals surface area (Å²) in [6, 6.07) is 0. The Morgan fingerprint density at radius 1 is 1.69 bits per heavy atom. The molecule has 1 fully saturated rings. The van der Waals surface area contributed by atoms with Crippen LogP contribution in [-0.2, 0) is 4.74 Å². The number of rotatable bonds is 1. The summed E-state index contributed by atoms with van der Waals surface area (Å²) in [4.78, 5) is 0. The maximum Gasteiger partial charge on any atom is 0.0612 e. The zero-order valence-electron chi connectivity index (χ0n) is 8.42. The van der Waals surface area contributed by atoms with Crippen LogP contribution in [0.1, 0.15) is 26.7 Å². The smallest absolute Gasteiger partial charge is 0.0612 e. The highest BCUT2D eigenvalue weighted by Crippen LogP contribution is 2.44. The third-order valence-corrected chi connectivity index (χ3v) is 3.65. The molecule has 0 aromatic heterocycles. The van der Waals surface area contributed by atoms with Gasteiger partial charge in [0.05, 0.1) is 19.3 Å². The number of ether oxygens (including phenoxy) is 1.